The van der Waals surface area contributed by atoms with E-state index >= 15 is 0 Å². The third kappa shape index (κ3) is 7.13. The van der Waals surface area contributed by atoms with Gasteiger partial charge in [0.05, 0.1) is 0 Å². The Labute approximate surface area is 275 Å². The van der Waals surface area contributed by atoms with Crippen molar-refractivity contribution in [1.82, 2.24) is 10.2 Å². The van der Waals surface area contributed by atoms with Crippen molar-refractivity contribution in [2.45, 2.75) is 38.2 Å². The summed E-state index contributed by atoms with van der Waals surface area (Å²) >= 11 is 0. The van der Waals surface area contributed by atoms with E-state index < -0.39 is 5.92 Å². The predicted octanol–water partition coefficient (Wildman–Crippen LogP) is 7.81. The molecule has 6 rings (SSSR count). The van der Waals surface area contributed by atoms with Gasteiger partial charge in [-0.15, -0.1) is 0 Å². The van der Waals surface area contributed by atoms with Crippen LogP contribution in [0.25, 0.3) is 11.1 Å². The van der Waals surface area contributed by atoms with E-state index in [9.17, 15) is 18.4 Å². The molecule has 6 nitrogen and oxygen atoms in total. The maximum absolute atomic E-state index is 14.8. The number of carbonyl (C=O) groups excluding carboxylic acids is 2. The molecule has 1 fully saturated rings. The van der Waals surface area contributed by atoms with E-state index in [1.807, 2.05) is 73.7 Å². The second-order valence-corrected chi connectivity index (χ2v) is 12.1. The highest BCUT2D eigenvalue weighted by Crippen LogP contribution is 2.42. The molecule has 242 valence electrons. The highest BCUT2D eigenvalue weighted by atomic mass is 19.3. The molecule has 0 aromatic heterocycles. The lowest BCUT2D eigenvalue weighted by Gasteiger charge is -2.30. The number of carbonyl (C=O) groups is 2. The van der Waals surface area contributed by atoms with E-state index in [-0.39, 0.29) is 29.0 Å². The van der Waals surface area contributed by atoms with Crippen molar-refractivity contribution in [3.8, 4) is 11.1 Å². The molecule has 0 radical (unpaired) electrons. The van der Waals surface area contributed by atoms with Gasteiger partial charge in [0.25, 0.3) is 11.8 Å². The number of hydrogen-bond donors (Lipinski definition) is 2. The SMILES string of the molecule is CCNC(=O)C(c1ccccc1)N1CCCN(c2ccc(NC(=O)c3ccccc3-c3ccc(C(F)(F)C4=CCC4)cc3)cc2)CC1. The Hall–Kier alpha value is -4.82. The first-order valence-electron chi connectivity index (χ1n) is 16.4. The summed E-state index contributed by atoms with van der Waals surface area (Å²) in [6.07, 6.45) is 3.62. The normalized spacial score (nSPS) is 16.0. The summed E-state index contributed by atoms with van der Waals surface area (Å²) in [6.45, 7) is 5.70. The van der Waals surface area contributed by atoms with Crippen LogP contribution < -0.4 is 15.5 Å². The number of hydrogen-bond acceptors (Lipinski definition) is 4. The fraction of sp³-hybridized carbons (Fsp3) is 0.282. The Morgan fingerprint density at radius 2 is 1.53 bits per heavy atom. The molecule has 0 bridgehead atoms. The van der Waals surface area contributed by atoms with Gasteiger partial charge < -0.3 is 15.5 Å². The standard InChI is InChI=1S/C39H40F2N4O2/c1-2-42-38(47)36(29-10-4-3-5-11-29)45-25-9-24-44(26-27-45)33-22-20-32(21-23-33)43-37(46)35-15-7-6-14-34(35)28-16-18-31(19-17-28)39(40,41)30-12-8-13-30/h3-7,10-12,14-23,36H,2,8-9,13,24-27H2,1H3,(H,42,47)(H,43,46). The third-order valence-corrected chi connectivity index (χ3v) is 9.04. The number of allylic oxidation sites excluding steroid dienone is 2. The van der Waals surface area contributed by atoms with E-state index in [1.54, 1.807) is 30.3 Å². The zero-order valence-electron chi connectivity index (χ0n) is 26.6. The van der Waals surface area contributed by atoms with Crippen LogP contribution in [0, 0.1) is 0 Å². The first-order valence-corrected chi connectivity index (χ1v) is 16.4. The first-order chi connectivity index (χ1) is 22.8. The number of likely N-dealkylation sites (N-methyl/N-ethyl adjacent to an activating group) is 1. The van der Waals surface area contributed by atoms with Gasteiger partial charge in [-0.1, -0.05) is 78.9 Å². The van der Waals surface area contributed by atoms with Crippen LogP contribution in [0.3, 0.4) is 0 Å². The molecule has 2 N–H and O–H groups in total. The molecule has 1 atom stereocenters. The Morgan fingerprint density at radius 3 is 2.21 bits per heavy atom. The van der Waals surface area contributed by atoms with Gasteiger partial charge >= 0.3 is 0 Å². The molecule has 1 saturated heterocycles. The molecule has 2 amide bonds. The van der Waals surface area contributed by atoms with Crippen molar-refractivity contribution < 1.29 is 18.4 Å². The van der Waals surface area contributed by atoms with Crippen molar-refractivity contribution in [1.29, 1.82) is 0 Å². The fourth-order valence-electron chi connectivity index (χ4n) is 6.39. The summed E-state index contributed by atoms with van der Waals surface area (Å²) in [5.74, 6) is -3.22. The number of rotatable bonds is 10. The molecular formula is C39H40F2N4O2. The molecule has 8 heteroatoms. The van der Waals surface area contributed by atoms with Gasteiger partial charge in [0.15, 0.2) is 0 Å². The van der Waals surface area contributed by atoms with Crippen LogP contribution in [0.4, 0.5) is 20.2 Å². The molecule has 47 heavy (non-hydrogen) atoms. The lowest BCUT2D eigenvalue weighted by atomic mass is 9.88. The Balaban J connectivity index is 1.11. The lowest BCUT2D eigenvalue weighted by Crippen LogP contribution is -2.42. The van der Waals surface area contributed by atoms with Crippen molar-refractivity contribution in [2.75, 3.05) is 42.9 Å². The minimum absolute atomic E-state index is 0.0224. The molecular weight excluding hydrogens is 594 g/mol. The van der Waals surface area contributed by atoms with Crippen LogP contribution in [-0.4, -0.2) is 49.4 Å². The molecule has 1 aliphatic carbocycles. The fourth-order valence-corrected chi connectivity index (χ4v) is 6.39. The van der Waals surface area contributed by atoms with E-state index in [4.69, 9.17) is 0 Å². The quantitative estimate of drug-likeness (QED) is 0.175. The van der Waals surface area contributed by atoms with Gasteiger partial charge in [-0.05, 0) is 78.8 Å². The number of nitrogens with one attached hydrogen (secondary N) is 2. The van der Waals surface area contributed by atoms with Gasteiger partial charge in [0.1, 0.15) is 6.04 Å². The Morgan fingerprint density at radius 1 is 0.830 bits per heavy atom. The van der Waals surface area contributed by atoms with Gasteiger partial charge in [-0.3, -0.25) is 14.5 Å². The van der Waals surface area contributed by atoms with Crippen molar-refractivity contribution in [3.63, 3.8) is 0 Å². The number of halogens is 2. The number of nitrogens with zero attached hydrogens (tertiary/aromatic N) is 2. The van der Waals surface area contributed by atoms with E-state index in [0.717, 1.165) is 43.9 Å². The van der Waals surface area contributed by atoms with Crippen LogP contribution >= 0.6 is 0 Å². The first kappa shape index (κ1) is 32.1. The largest absolute Gasteiger partial charge is 0.370 e. The van der Waals surface area contributed by atoms with Crippen molar-refractivity contribution >= 4 is 23.2 Å². The molecule has 2 aliphatic rings. The van der Waals surface area contributed by atoms with E-state index in [0.29, 0.717) is 41.8 Å². The summed E-state index contributed by atoms with van der Waals surface area (Å²) in [4.78, 5) is 31.1. The van der Waals surface area contributed by atoms with Gasteiger partial charge in [0.2, 0.25) is 5.91 Å². The maximum atomic E-state index is 14.8. The highest BCUT2D eigenvalue weighted by molar-refractivity contribution is 6.08. The molecule has 4 aromatic rings. The lowest BCUT2D eigenvalue weighted by molar-refractivity contribution is -0.126. The zero-order chi connectivity index (χ0) is 32.8. The Kier molecular flexibility index (Phi) is 9.78. The summed E-state index contributed by atoms with van der Waals surface area (Å²) in [5, 5.41) is 6.01. The number of alkyl halides is 2. The molecule has 1 unspecified atom stereocenters. The van der Waals surface area contributed by atoms with Crippen molar-refractivity contribution in [3.05, 3.63) is 131 Å². The second-order valence-electron chi connectivity index (χ2n) is 12.1. The second kappa shape index (κ2) is 14.3. The Bertz CT molecular complexity index is 1720. The van der Waals surface area contributed by atoms with E-state index in [2.05, 4.69) is 20.4 Å². The molecule has 1 heterocycles. The topological polar surface area (TPSA) is 64.7 Å². The van der Waals surface area contributed by atoms with Gasteiger partial charge in [-0.25, -0.2) is 0 Å². The molecule has 0 saturated carbocycles. The van der Waals surface area contributed by atoms with Crippen LogP contribution in [0.2, 0.25) is 0 Å². The summed E-state index contributed by atoms with van der Waals surface area (Å²) in [7, 11) is 0. The average Bonchev–Trinajstić information content (AvgIpc) is 3.31. The average molecular weight is 635 g/mol. The summed E-state index contributed by atoms with van der Waals surface area (Å²) < 4.78 is 29.5. The molecule has 4 aromatic carbocycles. The van der Waals surface area contributed by atoms with Gasteiger partial charge in [0, 0.05) is 55.2 Å². The molecule has 1 aliphatic heterocycles. The zero-order valence-corrected chi connectivity index (χ0v) is 26.6. The van der Waals surface area contributed by atoms with Crippen LogP contribution in [0.15, 0.2) is 115 Å². The highest BCUT2D eigenvalue weighted by Gasteiger charge is 2.38. The van der Waals surface area contributed by atoms with E-state index in [1.165, 1.54) is 12.1 Å². The minimum Gasteiger partial charge on any atom is -0.370 e. The number of benzene rings is 4. The van der Waals surface area contributed by atoms with Crippen LogP contribution in [-0.2, 0) is 10.7 Å². The maximum Gasteiger partial charge on any atom is 0.294 e. The number of anilines is 2. The monoisotopic (exact) mass is 634 g/mol. The van der Waals surface area contributed by atoms with Crippen molar-refractivity contribution in [2.24, 2.45) is 0 Å². The number of amides is 2. The smallest absolute Gasteiger partial charge is 0.294 e. The summed E-state index contributed by atoms with van der Waals surface area (Å²) in [6, 6.07) is 30.8. The molecule has 0 spiro atoms. The van der Waals surface area contributed by atoms with Crippen LogP contribution in [0.1, 0.15) is 53.7 Å². The minimum atomic E-state index is -2.97. The van der Waals surface area contributed by atoms with Gasteiger partial charge in [-0.2, -0.15) is 8.78 Å². The van der Waals surface area contributed by atoms with Crippen LogP contribution in [0.5, 0.6) is 0 Å². The summed E-state index contributed by atoms with van der Waals surface area (Å²) in [5.41, 5.74) is 4.68. The predicted molar refractivity (Wildman–Crippen MR) is 184 cm³/mol. The third-order valence-electron chi connectivity index (χ3n) is 9.04.